The van der Waals surface area contributed by atoms with Gasteiger partial charge in [-0.15, -0.1) is 0 Å². The van der Waals surface area contributed by atoms with Crippen LogP contribution in [0.2, 0.25) is 0 Å². The van der Waals surface area contributed by atoms with Crippen molar-refractivity contribution in [2.24, 2.45) is 23.7 Å². The molecule has 0 unspecified atom stereocenters. The molecule has 1 heterocycles. The highest BCUT2D eigenvalue weighted by Gasteiger charge is 2.60. The number of nitrogens with one attached hydrogen (secondary N) is 1. The van der Waals surface area contributed by atoms with Gasteiger partial charge < -0.3 is 10.1 Å². The highest BCUT2D eigenvalue weighted by atomic mass is 16.5. The summed E-state index contributed by atoms with van der Waals surface area (Å²) in [7, 11) is 0. The van der Waals surface area contributed by atoms with Crippen LogP contribution in [-0.2, 0) is 23.9 Å². The number of aryl methyl sites for hydroxylation is 1. The molecule has 2 saturated carbocycles. The molecule has 4 atom stereocenters. The van der Waals surface area contributed by atoms with E-state index < -0.39 is 18.5 Å². The molecule has 1 saturated heterocycles. The minimum Gasteiger partial charge on any atom is -0.456 e. The first-order chi connectivity index (χ1) is 13.4. The minimum absolute atomic E-state index is 0.0303. The molecule has 7 heteroatoms. The van der Waals surface area contributed by atoms with Crippen LogP contribution in [-0.4, -0.2) is 41.7 Å². The second kappa shape index (κ2) is 7.37. The lowest BCUT2D eigenvalue weighted by Gasteiger charge is -2.19. The summed E-state index contributed by atoms with van der Waals surface area (Å²) in [6, 6.07) is 7.27. The molecule has 148 valence electrons. The van der Waals surface area contributed by atoms with Crippen LogP contribution in [0.15, 0.2) is 24.3 Å². The number of carbonyl (C=O) groups is 4. The Morgan fingerprint density at radius 1 is 1.07 bits per heavy atom. The van der Waals surface area contributed by atoms with Gasteiger partial charge in [0, 0.05) is 12.2 Å². The molecule has 0 spiro atoms. The van der Waals surface area contributed by atoms with E-state index in [-0.39, 0.29) is 36.6 Å². The van der Waals surface area contributed by atoms with E-state index in [1.165, 1.54) is 4.90 Å². The van der Waals surface area contributed by atoms with Crippen LogP contribution in [0.25, 0.3) is 0 Å². The van der Waals surface area contributed by atoms with Crippen molar-refractivity contribution >= 4 is 29.4 Å². The highest BCUT2D eigenvalue weighted by Crippen LogP contribution is 2.56. The number of ether oxygens (including phenoxy) is 1. The van der Waals surface area contributed by atoms with Crippen molar-refractivity contribution in [2.45, 2.75) is 32.6 Å². The van der Waals surface area contributed by atoms with Crippen LogP contribution >= 0.6 is 0 Å². The Hall–Kier alpha value is -2.70. The van der Waals surface area contributed by atoms with E-state index in [0.29, 0.717) is 17.5 Å². The Labute approximate surface area is 163 Å². The Balaban J connectivity index is 1.22. The topological polar surface area (TPSA) is 92.8 Å². The number of anilines is 1. The SMILES string of the molecule is Cc1ccc(NC(=O)COC(=O)CCN2C(=O)[C@@H]3[C@H]4CC[C@@H](C4)[C@H]3C2=O)cc1. The standard InChI is InChI=1S/C21H24N2O5/c1-12-2-6-15(7-3-12)22-16(24)11-28-17(25)8-9-23-20(26)18-13-4-5-14(10-13)19(18)21(23)27/h2-3,6-7,13-14,18-19H,4-5,8-11H2,1H3,(H,22,24)/t13-,14-,18+,19+/m0/s1. The van der Waals surface area contributed by atoms with E-state index in [0.717, 1.165) is 24.8 Å². The number of amides is 3. The summed E-state index contributed by atoms with van der Waals surface area (Å²) < 4.78 is 4.98. The van der Waals surface area contributed by atoms with Crippen LogP contribution in [0, 0.1) is 30.6 Å². The summed E-state index contributed by atoms with van der Waals surface area (Å²) in [6.07, 6.45) is 2.94. The van der Waals surface area contributed by atoms with Crippen LogP contribution in [0.5, 0.6) is 0 Å². The number of fused-ring (bicyclic) bond motifs is 5. The maximum Gasteiger partial charge on any atom is 0.308 e. The van der Waals surface area contributed by atoms with Gasteiger partial charge in [-0.1, -0.05) is 17.7 Å². The molecule has 2 bridgehead atoms. The van der Waals surface area contributed by atoms with E-state index in [2.05, 4.69) is 5.32 Å². The number of nitrogens with zero attached hydrogens (tertiary/aromatic N) is 1. The lowest BCUT2D eigenvalue weighted by molar-refractivity contribution is -0.149. The monoisotopic (exact) mass is 384 g/mol. The van der Waals surface area contributed by atoms with Crippen LogP contribution < -0.4 is 5.32 Å². The molecule has 0 radical (unpaired) electrons. The first-order valence-electron chi connectivity index (χ1n) is 9.81. The van der Waals surface area contributed by atoms with Crippen molar-refractivity contribution in [3.05, 3.63) is 29.8 Å². The number of likely N-dealkylation sites (tertiary alicyclic amines) is 1. The molecule has 4 rings (SSSR count). The molecule has 1 aliphatic heterocycles. The number of hydrogen-bond acceptors (Lipinski definition) is 5. The lowest BCUT2D eigenvalue weighted by atomic mass is 9.81. The highest BCUT2D eigenvalue weighted by molar-refractivity contribution is 6.06. The normalized spacial score (nSPS) is 27.8. The van der Waals surface area contributed by atoms with E-state index >= 15 is 0 Å². The van der Waals surface area contributed by atoms with Crippen LogP contribution in [0.4, 0.5) is 5.69 Å². The second-order valence-electron chi connectivity index (χ2n) is 8.04. The third kappa shape index (κ3) is 3.41. The molecule has 1 aromatic rings. The van der Waals surface area contributed by atoms with Crippen LogP contribution in [0.1, 0.15) is 31.2 Å². The molecule has 2 aliphatic carbocycles. The summed E-state index contributed by atoms with van der Waals surface area (Å²) in [5.41, 5.74) is 1.70. The van der Waals surface area contributed by atoms with Crippen molar-refractivity contribution < 1.29 is 23.9 Å². The third-order valence-electron chi connectivity index (χ3n) is 6.26. The Morgan fingerprint density at radius 2 is 1.68 bits per heavy atom. The fourth-order valence-electron chi connectivity index (χ4n) is 4.95. The maximum absolute atomic E-state index is 12.6. The smallest absolute Gasteiger partial charge is 0.308 e. The number of hydrogen-bond donors (Lipinski definition) is 1. The summed E-state index contributed by atoms with van der Waals surface area (Å²) in [5, 5.41) is 2.64. The van der Waals surface area contributed by atoms with E-state index in [1.54, 1.807) is 12.1 Å². The fourth-order valence-corrected chi connectivity index (χ4v) is 4.95. The predicted octanol–water partition coefficient (Wildman–Crippen LogP) is 1.90. The number of imide groups is 1. The summed E-state index contributed by atoms with van der Waals surface area (Å²) in [4.78, 5) is 50.2. The molecule has 3 aliphatic rings. The van der Waals surface area contributed by atoms with Gasteiger partial charge in [-0.25, -0.2) is 0 Å². The summed E-state index contributed by atoms with van der Waals surface area (Å²) in [5.74, 6) is -0.997. The van der Waals surface area contributed by atoms with Gasteiger partial charge in [-0.2, -0.15) is 0 Å². The van der Waals surface area contributed by atoms with Gasteiger partial charge in [-0.05, 0) is 50.2 Å². The van der Waals surface area contributed by atoms with Crippen molar-refractivity contribution in [1.29, 1.82) is 0 Å². The van der Waals surface area contributed by atoms with Crippen molar-refractivity contribution in [3.8, 4) is 0 Å². The third-order valence-corrected chi connectivity index (χ3v) is 6.26. The predicted molar refractivity (Wildman–Crippen MR) is 99.9 cm³/mol. The molecule has 1 N–H and O–H groups in total. The average Bonchev–Trinajstić information content (AvgIpc) is 3.35. The summed E-state index contributed by atoms with van der Waals surface area (Å²) >= 11 is 0. The number of rotatable bonds is 6. The van der Waals surface area contributed by atoms with E-state index in [9.17, 15) is 19.2 Å². The average molecular weight is 384 g/mol. The molecule has 0 aromatic heterocycles. The molecular formula is C21H24N2O5. The van der Waals surface area contributed by atoms with Gasteiger partial charge in [0.2, 0.25) is 11.8 Å². The molecule has 28 heavy (non-hydrogen) atoms. The first-order valence-corrected chi connectivity index (χ1v) is 9.81. The fraction of sp³-hybridized carbons (Fsp3) is 0.524. The minimum atomic E-state index is -0.598. The zero-order chi connectivity index (χ0) is 19.8. The van der Waals surface area contributed by atoms with Gasteiger partial charge in [0.05, 0.1) is 18.3 Å². The molecule has 3 fully saturated rings. The molecule has 3 amide bonds. The van der Waals surface area contributed by atoms with Crippen LogP contribution in [0.3, 0.4) is 0 Å². The van der Waals surface area contributed by atoms with Gasteiger partial charge >= 0.3 is 5.97 Å². The zero-order valence-electron chi connectivity index (χ0n) is 15.8. The lowest BCUT2D eigenvalue weighted by Crippen LogP contribution is -2.35. The Morgan fingerprint density at radius 3 is 2.29 bits per heavy atom. The number of benzene rings is 1. The zero-order valence-corrected chi connectivity index (χ0v) is 15.8. The Kier molecular flexibility index (Phi) is 4.91. The second-order valence-corrected chi connectivity index (χ2v) is 8.04. The van der Waals surface area contributed by atoms with Crippen molar-refractivity contribution in [1.82, 2.24) is 4.90 Å². The maximum atomic E-state index is 12.6. The number of esters is 1. The molecule has 7 nitrogen and oxygen atoms in total. The van der Waals surface area contributed by atoms with Crippen molar-refractivity contribution in [2.75, 3.05) is 18.5 Å². The quantitative estimate of drug-likeness (QED) is 0.597. The van der Waals surface area contributed by atoms with Crippen molar-refractivity contribution in [3.63, 3.8) is 0 Å². The first kappa shape index (κ1) is 18.7. The Bertz CT molecular complexity index is 791. The molecular weight excluding hydrogens is 360 g/mol. The van der Waals surface area contributed by atoms with Gasteiger partial charge in [0.15, 0.2) is 6.61 Å². The van der Waals surface area contributed by atoms with E-state index in [1.807, 2.05) is 19.1 Å². The van der Waals surface area contributed by atoms with Gasteiger partial charge in [0.25, 0.3) is 5.91 Å². The van der Waals surface area contributed by atoms with E-state index in [4.69, 9.17) is 4.74 Å². The largest absolute Gasteiger partial charge is 0.456 e. The molecule has 1 aromatic carbocycles. The van der Waals surface area contributed by atoms with Gasteiger partial charge in [0.1, 0.15) is 0 Å². The number of carbonyl (C=O) groups excluding carboxylic acids is 4. The summed E-state index contributed by atoms with van der Waals surface area (Å²) in [6.45, 7) is 1.58. The van der Waals surface area contributed by atoms with Gasteiger partial charge in [-0.3, -0.25) is 24.1 Å².